The molecule has 1 saturated heterocycles. The molecule has 0 radical (unpaired) electrons. The van der Waals surface area contributed by atoms with Crippen LogP contribution in [-0.2, 0) is 12.7 Å². The largest absolute Gasteiger partial charge is 0.437 e. The Balaban J connectivity index is 1.39. The van der Waals surface area contributed by atoms with E-state index in [0.29, 0.717) is 35.1 Å². The van der Waals surface area contributed by atoms with Crippen LogP contribution in [0.15, 0.2) is 42.6 Å². The first-order chi connectivity index (χ1) is 18.6. The van der Waals surface area contributed by atoms with Gasteiger partial charge in [0.15, 0.2) is 0 Å². The molecule has 0 spiro atoms. The van der Waals surface area contributed by atoms with Crippen LogP contribution in [0.3, 0.4) is 0 Å². The Kier molecular flexibility index (Phi) is 7.13. The number of benzene rings is 2. The number of anilines is 2. The molecule has 1 fully saturated rings. The topological polar surface area (TPSA) is 108 Å². The maximum absolute atomic E-state index is 13.8. The van der Waals surface area contributed by atoms with Gasteiger partial charge in [0.2, 0.25) is 11.8 Å². The van der Waals surface area contributed by atoms with Crippen molar-refractivity contribution in [2.24, 2.45) is 0 Å². The maximum Gasteiger partial charge on any atom is 0.423 e. The number of hydrogen-bond acceptors (Lipinski definition) is 7. The zero-order valence-electron chi connectivity index (χ0n) is 21.4. The minimum atomic E-state index is -4.79. The van der Waals surface area contributed by atoms with Crippen molar-refractivity contribution in [1.29, 1.82) is 0 Å². The molecule has 1 aromatic heterocycles. The Hall–Kier alpha value is -4.19. The van der Waals surface area contributed by atoms with Crippen molar-refractivity contribution >= 4 is 23.5 Å². The summed E-state index contributed by atoms with van der Waals surface area (Å²) in [6, 6.07) is 9.78. The summed E-state index contributed by atoms with van der Waals surface area (Å²) in [6.45, 7) is 3.75. The van der Waals surface area contributed by atoms with Gasteiger partial charge < -0.3 is 25.6 Å². The van der Waals surface area contributed by atoms with Gasteiger partial charge in [-0.3, -0.25) is 9.59 Å². The van der Waals surface area contributed by atoms with Crippen molar-refractivity contribution in [3.8, 4) is 11.6 Å². The smallest absolute Gasteiger partial charge is 0.423 e. The van der Waals surface area contributed by atoms with Crippen LogP contribution in [-0.4, -0.2) is 52.9 Å². The molecule has 3 aromatic rings. The predicted octanol–water partition coefficient (Wildman–Crippen LogP) is 4.41. The van der Waals surface area contributed by atoms with Gasteiger partial charge in [0.25, 0.3) is 11.8 Å². The highest BCUT2D eigenvalue weighted by Gasteiger charge is 2.37. The highest BCUT2D eigenvalue weighted by atomic mass is 19.4. The lowest BCUT2D eigenvalue weighted by atomic mass is 10.1. The summed E-state index contributed by atoms with van der Waals surface area (Å²) < 4.78 is 46.9. The van der Waals surface area contributed by atoms with E-state index in [4.69, 9.17) is 4.74 Å². The number of piperidine rings is 1. The number of aryl methyl sites for hydroxylation is 1. The molecule has 0 bridgehead atoms. The maximum atomic E-state index is 13.8. The molecule has 9 nitrogen and oxygen atoms in total. The number of halogens is 3. The predicted molar refractivity (Wildman–Crippen MR) is 137 cm³/mol. The number of nitrogens with zero attached hydrogens (tertiary/aromatic N) is 3. The standard InChI is InChI=1S/C27H27F3N6O3/c1-15-11-16(23(37)33-18-6-4-10-31-12-18)8-9-20(15)34-26-32-13-19(27(28,29)30)24(35-26)39-21-7-3-5-17-14-36(2)25(38)22(17)21/h3,5,7-9,11,13,18,31H,4,6,10,12,14H2,1-2H3,(H,33,37)(H,32,34,35). The molecule has 2 aliphatic heterocycles. The Morgan fingerprint density at radius 1 is 1.23 bits per heavy atom. The third kappa shape index (κ3) is 5.65. The van der Waals surface area contributed by atoms with E-state index in [1.54, 1.807) is 44.3 Å². The minimum absolute atomic E-state index is 0.0169. The lowest BCUT2D eigenvalue weighted by Gasteiger charge is -2.24. The van der Waals surface area contributed by atoms with Gasteiger partial charge >= 0.3 is 6.18 Å². The van der Waals surface area contributed by atoms with Crippen LogP contribution in [0.4, 0.5) is 24.8 Å². The van der Waals surface area contributed by atoms with Crippen LogP contribution >= 0.6 is 0 Å². The first-order valence-electron chi connectivity index (χ1n) is 12.5. The van der Waals surface area contributed by atoms with Crippen molar-refractivity contribution in [1.82, 2.24) is 25.5 Å². The van der Waals surface area contributed by atoms with Gasteiger partial charge in [0.1, 0.15) is 11.3 Å². The molecule has 5 rings (SSSR count). The van der Waals surface area contributed by atoms with E-state index in [0.717, 1.165) is 25.9 Å². The summed E-state index contributed by atoms with van der Waals surface area (Å²) in [4.78, 5) is 34.5. The number of carbonyl (C=O) groups excluding carboxylic acids is 2. The number of rotatable bonds is 6. The van der Waals surface area contributed by atoms with E-state index >= 15 is 0 Å². The number of amides is 2. The molecule has 3 heterocycles. The van der Waals surface area contributed by atoms with E-state index in [1.807, 2.05) is 0 Å². The van der Waals surface area contributed by atoms with E-state index in [-0.39, 0.29) is 35.1 Å². The number of alkyl halides is 3. The normalized spacial score (nSPS) is 17.1. The third-order valence-corrected chi connectivity index (χ3v) is 6.71. The van der Waals surface area contributed by atoms with Gasteiger partial charge in [-0.1, -0.05) is 12.1 Å². The molecule has 3 N–H and O–H groups in total. The first-order valence-corrected chi connectivity index (χ1v) is 12.5. The van der Waals surface area contributed by atoms with Crippen LogP contribution in [0.25, 0.3) is 0 Å². The monoisotopic (exact) mass is 540 g/mol. The lowest BCUT2D eigenvalue weighted by Crippen LogP contribution is -2.45. The van der Waals surface area contributed by atoms with Crippen LogP contribution in [0, 0.1) is 6.92 Å². The summed E-state index contributed by atoms with van der Waals surface area (Å²) in [5.41, 5.74) is 1.33. The molecule has 0 aliphatic carbocycles. The average Bonchev–Trinajstić information content (AvgIpc) is 3.19. The van der Waals surface area contributed by atoms with Gasteiger partial charge in [-0.15, -0.1) is 0 Å². The molecule has 39 heavy (non-hydrogen) atoms. The van der Waals surface area contributed by atoms with Gasteiger partial charge in [0, 0.05) is 43.6 Å². The molecule has 0 saturated carbocycles. The van der Waals surface area contributed by atoms with Crippen LogP contribution in [0.1, 0.15) is 50.2 Å². The van der Waals surface area contributed by atoms with Crippen LogP contribution in [0.2, 0.25) is 0 Å². The van der Waals surface area contributed by atoms with E-state index in [1.165, 1.54) is 11.0 Å². The molecule has 2 aliphatic rings. The molecule has 12 heteroatoms. The minimum Gasteiger partial charge on any atom is -0.437 e. The summed E-state index contributed by atoms with van der Waals surface area (Å²) in [6.07, 6.45) is -2.25. The molecule has 1 atom stereocenters. The summed E-state index contributed by atoms with van der Waals surface area (Å²) in [5, 5.41) is 9.17. The number of fused-ring (bicyclic) bond motifs is 1. The Morgan fingerprint density at radius 2 is 2.05 bits per heavy atom. The fourth-order valence-corrected chi connectivity index (χ4v) is 4.67. The number of carbonyl (C=O) groups is 2. The van der Waals surface area contributed by atoms with E-state index in [9.17, 15) is 22.8 Å². The molecule has 1 unspecified atom stereocenters. The number of ether oxygens (including phenoxy) is 1. The van der Waals surface area contributed by atoms with Crippen LogP contribution in [0.5, 0.6) is 11.6 Å². The highest BCUT2D eigenvalue weighted by Crippen LogP contribution is 2.39. The third-order valence-electron chi connectivity index (χ3n) is 6.71. The van der Waals surface area contributed by atoms with Crippen LogP contribution < -0.4 is 20.7 Å². The zero-order valence-corrected chi connectivity index (χ0v) is 21.4. The molecular formula is C27H27F3N6O3. The van der Waals surface area contributed by atoms with Crippen molar-refractivity contribution in [3.05, 3.63) is 70.4 Å². The highest BCUT2D eigenvalue weighted by molar-refractivity contribution is 6.01. The Morgan fingerprint density at radius 3 is 2.77 bits per heavy atom. The Bertz CT molecular complexity index is 1420. The zero-order chi connectivity index (χ0) is 27.7. The second-order valence-corrected chi connectivity index (χ2v) is 9.64. The fourth-order valence-electron chi connectivity index (χ4n) is 4.67. The van der Waals surface area contributed by atoms with Crippen molar-refractivity contribution in [2.75, 3.05) is 25.5 Å². The Labute approximate surface area is 222 Å². The fraction of sp³-hybridized carbons (Fsp3) is 0.333. The lowest BCUT2D eigenvalue weighted by molar-refractivity contribution is -0.139. The second kappa shape index (κ2) is 10.5. The number of aromatic nitrogens is 2. The number of nitrogens with one attached hydrogen (secondary N) is 3. The average molecular weight is 541 g/mol. The molecule has 204 valence electrons. The molecular weight excluding hydrogens is 513 g/mol. The quantitative estimate of drug-likeness (QED) is 0.425. The SMILES string of the molecule is Cc1cc(C(=O)NC2CCCNC2)ccc1Nc1ncc(C(F)(F)F)c(Oc2cccc3c2C(=O)N(C)C3)n1. The summed E-state index contributed by atoms with van der Waals surface area (Å²) in [7, 11) is 1.60. The summed E-state index contributed by atoms with van der Waals surface area (Å²) in [5.74, 6) is -1.43. The molecule has 2 aromatic carbocycles. The number of hydrogen-bond donors (Lipinski definition) is 3. The summed E-state index contributed by atoms with van der Waals surface area (Å²) >= 11 is 0. The second-order valence-electron chi connectivity index (χ2n) is 9.64. The van der Waals surface area contributed by atoms with Gasteiger partial charge in [0.05, 0.1) is 5.56 Å². The first kappa shape index (κ1) is 26.4. The van der Waals surface area contributed by atoms with Crippen molar-refractivity contribution in [3.63, 3.8) is 0 Å². The van der Waals surface area contributed by atoms with Gasteiger partial charge in [-0.25, -0.2) is 4.98 Å². The van der Waals surface area contributed by atoms with Crippen molar-refractivity contribution in [2.45, 2.75) is 38.5 Å². The van der Waals surface area contributed by atoms with E-state index in [2.05, 4.69) is 25.9 Å². The van der Waals surface area contributed by atoms with Crippen molar-refractivity contribution < 1.29 is 27.5 Å². The van der Waals surface area contributed by atoms with Gasteiger partial charge in [-0.05, 0) is 61.7 Å². The van der Waals surface area contributed by atoms with E-state index < -0.39 is 17.6 Å². The van der Waals surface area contributed by atoms with Gasteiger partial charge in [-0.2, -0.15) is 18.2 Å². The molecule has 2 amide bonds.